The lowest BCUT2D eigenvalue weighted by Crippen LogP contribution is -2.06. The molecule has 0 bridgehead atoms. The van der Waals surface area contributed by atoms with Crippen LogP contribution in [0.5, 0.6) is 0 Å². The van der Waals surface area contributed by atoms with Gasteiger partial charge >= 0.3 is 0 Å². The molecule has 5 rings (SSSR count). The first-order chi connectivity index (χ1) is 15.5. The third kappa shape index (κ3) is 3.71. The van der Waals surface area contributed by atoms with Crippen molar-refractivity contribution in [3.8, 4) is 22.3 Å². The molecule has 3 heterocycles. The molecule has 0 fully saturated rings. The molecule has 0 aliphatic rings. The van der Waals surface area contributed by atoms with Crippen LogP contribution in [0.15, 0.2) is 73.2 Å². The van der Waals surface area contributed by atoms with E-state index in [0.29, 0.717) is 34.4 Å². The minimum Gasteiger partial charge on any atom is -0.366 e. The highest BCUT2D eigenvalue weighted by Crippen LogP contribution is 2.31. The lowest BCUT2D eigenvalue weighted by Gasteiger charge is -2.12. The molecule has 0 unspecified atom stereocenters. The van der Waals surface area contributed by atoms with Gasteiger partial charge in [0.1, 0.15) is 11.6 Å². The molecule has 6 nitrogen and oxygen atoms in total. The number of hydrogen-bond acceptors (Lipinski definition) is 4. The smallest absolute Gasteiger partial charge is 0.240 e. The number of benzene rings is 2. The number of nitrogen functional groups attached to an aromatic ring is 1. The van der Waals surface area contributed by atoms with Gasteiger partial charge in [-0.3, -0.25) is 4.68 Å². The minimum absolute atomic E-state index is 0.127. The SMILES string of the molecule is C[C@@H](Cn1cc(-c2cccc(-c3ccn4nc(N)nc4c3)c2F)cn1)c1ccc(F)cc1. The third-order valence-electron chi connectivity index (χ3n) is 5.51. The van der Waals surface area contributed by atoms with Crippen molar-refractivity contribution >= 4 is 11.6 Å². The molecule has 5 aromatic rings. The number of pyridine rings is 1. The number of hydrogen-bond donors (Lipinski definition) is 1. The van der Waals surface area contributed by atoms with Gasteiger partial charge < -0.3 is 5.73 Å². The van der Waals surface area contributed by atoms with Crippen LogP contribution >= 0.6 is 0 Å². The highest BCUT2D eigenvalue weighted by molar-refractivity contribution is 5.75. The fraction of sp³-hybridized carbons (Fsp3) is 0.125. The standard InChI is InChI=1S/C24H20F2N6/c1-15(16-5-7-19(25)8-6-16)13-31-14-18(12-28-31)21-4-2-3-20(23(21)26)17-9-10-32-22(11-17)29-24(27)30-32/h2-12,14-15H,13H2,1H3,(H2,27,30)/t15-/m0/s1. The summed E-state index contributed by atoms with van der Waals surface area (Å²) in [6.07, 6.45) is 5.18. The van der Waals surface area contributed by atoms with Gasteiger partial charge in [0, 0.05) is 41.5 Å². The molecule has 0 radical (unpaired) electrons. The van der Waals surface area contributed by atoms with E-state index in [1.54, 1.807) is 58.0 Å². The van der Waals surface area contributed by atoms with Gasteiger partial charge in [0.25, 0.3) is 0 Å². The largest absolute Gasteiger partial charge is 0.366 e. The van der Waals surface area contributed by atoms with Crippen molar-refractivity contribution in [2.75, 3.05) is 5.73 Å². The van der Waals surface area contributed by atoms with Gasteiger partial charge in [0.2, 0.25) is 5.95 Å². The predicted molar refractivity (Wildman–Crippen MR) is 119 cm³/mol. The number of nitrogens with two attached hydrogens (primary N) is 1. The number of fused-ring (bicyclic) bond motifs is 1. The van der Waals surface area contributed by atoms with Crippen LogP contribution in [0.25, 0.3) is 27.9 Å². The van der Waals surface area contributed by atoms with Crippen molar-refractivity contribution in [3.63, 3.8) is 0 Å². The van der Waals surface area contributed by atoms with Gasteiger partial charge in [-0.05, 0) is 35.4 Å². The van der Waals surface area contributed by atoms with E-state index in [-0.39, 0.29) is 23.5 Å². The Hall–Kier alpha value is -4.07. The van der Waals surface area contributed by atoms with Crippen LogP contribution in [0.1, 0.15) is 18.4 Å². The van der Waals surface area contributed by atoms with E-state index in [4.69, 9.17) is 5.73 Å². The van der Waals surface area contributed by atoms with Gasteiger partial charge in [-0.2, -0.15) is 10.1 Å². The van der Waals surface area contributed by atoms with Crippen molar-refractivity contribution < 1.29 is 8.78 Å². The van der Waals surface area contributed by atoms with E-state index < -0.39 is 0 Å². The quantitative estimate of drug-likeness (QED) is 0.429. The van der Waals surface area contributed by atoms with Crippen LogP contribution in [0.2, 0.25) is 0 Å². The highest BCUT2D eigenvalue weighted by Gasteiger charge is 2.15. The number of aromatic nitrogens is 5. The van der Waals surface area contributed by atoms with E-state index in [9.17, 15) is 4.39 Å². The van der Waals surface area contributed by atoms with Crippen LogP contribution < -0.4 is 5.73 Å². The molecule has 8 heteroatoms. The number of anilines is 1. The second-order valence-corrected chi connectivity index (χ2v) is 7.76. The summed E-state index contributed by atoms with van der Waals surface area (Å²) >= 11 is 0. The summed E-state index contributed by atoms with van der Waals surface area (Å²) in [4.78, 5) is 4.14. The Labute approximate surface area is 183 Å². The zero-order chi connectivity index (χ0) is 22.2. The van der Waals surface area contributed by atoms with Crippen LogP contribution in [-0.4, -0.2) is 24.4 Å². The summed E-state index contributed by atoms with van der Waals surface area (Å²) in [5, 5.41) is 8.45. The molecule has 0 aliphatic carbocycles. The lowest BCUT2D eigenvalue weighted by atomic mass is 10.00. The Bertz CT molecular complexity index is 1400. The first-order valence-electron chi connectivity index (χ1n) is 10.2. The molecule has 32 heavy (non-hydrogen) atoms. The summed E-state index contributed by atoms with van der Waals surface area (Å²) in [5.41, 5.74) is 9.50. The number of rotatable bonds is 5. The van der Waals surface area contributed by atoms with Gasteiger partial charge in [-0.1, -0.05) is 37.3 Å². The van der Waals surface area contributed by atoms with E-state index in [0.717, 1.165) is 5.56 Å². The normalized spacial score (nSPS) is 12.3. The predicted octanol–water partition coefficient (Wildman–Crippen LogP) is 4.92. The summed E-state index contributed by atoms with van der Waals surface area (Å²) in [7, 11) is 0. The van der Waals surface area contributed by atoms with Crippen LogP contribution in [0.3, 0.4) is 0 Å². The fourth-order valence-electron chi connectivity index (χ4n) is 3.82. The first-order valence-corrected chi connectivity index (χ1v) is 10.2. The lowest BCUT2D eigenvalue weighted by molar-refractivity contribution is 0.542. The summed E-state index contributed by atoms with van der Waals surface area (Å²) in [6.45, 7) is 2.64. The summed E-state index contributed by atoms with van der Waals surface area (Å²) < 4.78 is 32.0. The Morgan fingerprint density at radius 1 is 1.00 bits per heavy atom. The average Bonchev–Trinajstić information content (AvgIpc) is 3.39. The first kappa shape index (κ1) is 19.9. The third-order valence-corrected chi connectivity index (χ3v) is 5.51. The minimum atomic E-state index is -0.338. The van der Waals surface area contributed by atoms with Crippen molar-refractivity contribution in [1.29, 1.82) is 0 Å². The topological polar surface area (TPSA) is 74.0 Å². The average molecular weight is 430 g/mol. The monoisotopic (exact) mass is 430 g/mol. The molecule has 1 atom stereocenters. The molecule has 3 aromatic heterocycles. The summed E-state index contributed by atoms with van der Waals surface area (Å²) in [5.74, 6) is -0.305. The Morgan fingerprint density at radius 2 is 1.75 bits per heavy atom. The zero-order valence-electron chi connectivity index (χ0n) is 17.3. The van der Waals surface area contributed by atoms with Gasteiger partial charge in [-0.15, -0.1) is 5.10 Å². The second kappa shape index (κ2) is 7.88. The maximum atomic E-state index is 15.5. The highest BCUT2D eigenvalue weighted by atomic mass is 19.1. The number of halogens is 2. The molecule has 0 spiro atoms. The van der Waals surface area contributed by atoms with Crippen molar-refractivity contribution in [2.24, 2.45) is 0 Å². The van der Waals surface area contributed by atoms with E-state index in [1.165, 1.54) is 12.1 Å². The van der Waals surface area contributed by atoms with Gasteiger partial charge in [0.05, 0.1) is 6.20 Å². The van der Waals surface area contributed by atoms with Crippen molar-refractivity contribution in [2.45, 2.75) is 19.4 Å². The van der Waals surface area contributed by atoms with E-state index >= 15 is 4.39 Å². The maximum Gasteiger partial charge on any atom is 0.240 e. The molecular formula is C24H20F2N6. The molecule has 2 N–H and O–H groups in total. The maximum absolute atomic E-state index is 15.5. The van der Waals surface area contributed by atoms with Gasteiger partial charge in [0.15, 0.2) is 5.65 Å². The molecule has 0 saturated carbocycles. The fourth-order valence-corrected chi connectivity index (χ4v) is 3.82. The molecule has 2 aromatic carbocycles. The molecule has 0 saturated heterocycles. The van der Waals surface area contributed by atoms with Crippen LogP contribution in [-0.2, 0) is 6.54 Å². The Morgan fingerprint density at radius 3 is 2.53 bits per heavy atom. The van der Waals surface area contributed by atoms with Gasteiger partial charge in [-0.25, -0.2) is 13.3 Å². The second-order valence-electron chi connectivity index (χ2n) is 7.76. The summed E-state index contributed by atoms with van der Waals surface area (Å²) in [6, 6.07) is 15.2. The molecule has 0 amide bonds. The molecular weight excluding hydrogens is 410 g/mol. The number of nitrogens with zero attached hydrogens (tertiary/aromatic N) is 5. The van der Waals surface area contributed by atoms with E-state index in [1.807, 2.05) is 19.2 Å². The Balaban J connectivity index is 1.43. The molecule has 160 valence electrons. The van der Waals surface area contributed by atoms with Crippen molar-refractivity contribution in [1.82, 2.24) is 24.4 Å². The Kier molecular flexibility index (Phi) is 4.89. The van der Waals surface area contributed by atoms with E-state index in [2.05, 4.69) is 15.2 Å². The molecule has 0 aliphatic heterocycles. The van der Waals surface area contributed by atoms with Crippen molar-refractivity contribution in [3.05, 3.63) is 90.4 Å². The van der Waals surface area contributed by atoms with Crippen LogP contribution in [0.4, 0.5) is 14.7 Å². The van der Waals surface area contributed by atoms with Crippen LogP contribution in [0, 0.1) is 11.6 Å². The zero-order valence-corrected chi connectivity index (χ0v) is 17.3.